The summed E-state index contributed by atoms with van der Waals surface area (Å²) in [6.07, 6.45) is 2.96. The molecule has 1 heterocycles. The average Bonchev–Trinajstić information content (AvgIpc) is 2.34. The molecule has 0 aromatic carbocycles. The summed E-state index contributed by atoms with van der Waals surface area (Å²) in [6, 6.07) is 0. The Morgan fingerprint density at radius 1 is 1.06 bits per heavy atom. The maximum absolute atomic E-state index is 5.06. The molecule has 0 spiro atoms. The van der Waals surface area contributed by atoms with Gasteiger partial charge in [-0.2, -0.15) is 0 Å². The second kappa shape index (κ2) is 8.16. The summed E-state index contributed by atoms with van der Waals surface area (Å²) >= 11 is 0. The number of methoxy groups -OCH3 is 1. The third kappa shape index (κ3) is 4.70. The molecule has 0 fully saturated rings. The van der Waals surface area contributed by atoms with Crippen LogP contribution < -0.4 is 5.32 Å². The van der Waals surface area contributed by atoms with E-state index in [1.165, 1.54) is 12.0 Å². The van der Waals surface area contributed by atoms with Crippen LogP contribution in [0.25, 0.3) is 0 Å². The van der Waals surface area contributed by atoms with Crippen LogP contribution in [0.4, 0.5) is 0 Å². The van der Waals surface area contributed by atoms with Gasteiger partial charge in [0.15, 0.2) is 0 Å². The number of aromatic nitrogens is 2. The number of hydrogen-bond donors (Lipinski definition) is 1. The van der Waals surface area contributed by atoms with E-state index in [4.69, 9.17) is 4.74 Å². The molecule has 0 amide bonds. The zero-order valence-electron chi connectivity index (χ0n) is 12.0. The molecule has 1 N–H and O–H groups in total. The molecule has 0 radical (unpaired) electrons. The number of nitrogens with one attached hydrogen (secondary N) is 1. The van der Waals surface area contributed by atoms with Crippen molar-refractivity contribution in [3.63, 3.8) is 0 Å². The molecule has 102 valence electrons. The highest BCUT2D eigenvalue weighted by atomic mass is 16.5. The minimum atomic E-state index is 0.677. The van der Waals surface area contributed by atoms with Gasteiger partial charge in [-0.25, -0.2) is 9.97 Å². The number of nitrogens with zero attached hydrogens (tertiary/aromatic N) is 2. The van der Waals surface area contributed by atoms with Crippen molar-refractivity contribution in [3.05, 3.63) is 22.8 Å². The number of hydrogen-bond acceptors (Lipinski definition) is 4. The van der Waals surface area contributed by atoms with E-state index < -0.39 is 0 Å². The minimum absolute atomic E-state index is 0.677. The number of aryl methyl sites for hydroxylation is 2. The van der Waals surface area contributed by atoms with Crippen LogP contribution in [-0.2, 0) is 17.6 Å². The van der Waals surface area contributed by atoms with E-state index in [0.29, 0.717) is 6.61 Å². The molecule has 18 heavy (non-hydrogen) atoms. The minimum Gasteiger partial charge on any atom is -0.384 e. The van der Waals surface area contributed by atoms with E-state index >= 15 is 0 Å². The van der Waals surface area contributed by atoms with E-state index in [9.17, 15) is 0 Å². The number of ether oxygens (including phenoxy) is 1. The molecular formula is C14H25N3O. The molecule has 0 aliphatic carbocycles. The van der Waals surface area contributed by atoms with Gasteiger partial charge in [0.05, 0.1) is 6.61 Å². The lowest BCUT2D eigenvalue weighted by atomic mass is 10.1. The second-order valence-electron chi connectivity index (χ2n) is 4.53. The van der Waals surface area contributed by atoms with Crippen molar-refractivity contribution in [1.82, 2.24) is 15.3 Å². The van der Waals surface area contributed by atoms with Crippen LogP contribution in [0, 0.1) is 13.8 Å². The second-order valence-corrected chi connectivity index (χ2v) is 4.53. The first-order valence-corrected chi connectivity index (χ1v) is 6.71. The van der Waals surface area contributed by atoms with Gasteiger partial charge < -0.3 is 10.1 Å². The molecule has 1 rings (SSSR count). The van der Waals surface area contributed by atoms with Crippen LogP contribution in [0.15, 0.2) is 0 Å². The molecule has 0 aliphatic rings. The molecule has 0 unspecified atom stereocenters. The quantitative estimate of drug-likeness (QED) is 0.716. The smallest absolute Gasteiger partial charge is 0.131 e. The Morgan fingerprint density at radius 2 is 1.72 bits per heavy atom. The van der Waals surface area contributed by atoms with Crippen molar-refractivity contribution in [2.45, 2.75) is 40.0 Å². The maximum Gasteiger partial charge on any atom is 0.131 e. The maximum atomic E-state index is 5.06. The van der Waals surface area contributed by atoms with Crippen LogP contribution in [0.3, 0.4) is 0 Å². The topological polar surface area (TPSA) is 47.0 Å². The molecule has 0 aliphatic heterocycles. The third-order valence-corrected chi connectivity index (χ3v) is 2.98. The van der Waals surface area contributed by atoms with Gasteiger partial charge in [0.2, 0.25) is 0 Å². The van der Waals surface area contributed by atoms with Gasteiger partial charge in [-0.05, 0) is 45.3 Å². The summed E-state index contributed by atoms with van der Waals surface area (Å²) in [6.45, 7) is 9.06. The molecule has 0 saturated carbocycles. The lowest BCUT2D eigenvalue weighted by molar-refractivity contribution is 0.200. The fourth-order valence-electron chi connectivity index (χ4n) is 1.99. The van der Waals surface area contributed by atoms with E-state index in [2.05, 4.69) is 36.1 Å². The lowest BCUT2D eigenvalue weighted by Gasteiger charge is -2.11. The van der Waals surface area contributed by atoms with Gasteiger partial charge in [-0.1, -0.05) is 6.92 Å². The molecule has 4 heteroatoms. The van der Waals surface area contributed by atoms with Crippen molar-refractivity contribution < 1.29 is 4.74 Å². The largest absolute Gasteiger partial charge is 0.384 e. The molecule has 0 atom stereocenters. The Balaban J connectivity index is 2.62. The average molecular weight is 251 g/mol. The standard InChI is InChI=1S/C14H25N3O/c1-5-8-15-9-6-13-11(2)16-14(7-10-18-4)17-12(13)3/h15H,5-10H2,1-4H3. The summed E-state index contributed by atoms with van der Waals surface area (Å²) in [7, 11) is 1.70. The van der Waals surface area contributed by atoms with Gasteiger partial charge in [-0.3, -0.25) is 0 Å². The predicted octanol–water partition coefficient (Wildman–Crippen LogP) is 1.82. The fourth-order valence-corrected chi connectivity index (χ4v) is 1.99. The van der Waals surface area contributed by atoms with Gasteiger partial charge in [0.1, 0.15) is 5.82 Å². The highest BCUT2D eigenvalue weighted by Crippen LogP contribution is 2.11. The van der Waals surface area contributed by atoms with Gasteiger partial charge in [-0.15, -0.1) is 0 Å². The van der Waals surface area contributed by atoms with E-state index in [-0.39, 0.29) is 0 Å². The summed E-state index contributed by atoms with van der Waals surface area (Å²) in [5, 5.41) is 3.41. The lowest BCUT2D eigenvalue weighted by Crippen LogP contribution is -2.19. The predicted molar refractivity (Wildman–Crippen MR) is 74.0 cm³/mol. The Hall–Kier alpha value is -1.00. The Kier molecular flexibility index (Phi) is 6.83. The van der Waals surface area contributed by atoms with Crippen LogP contribution >= 0.6 is 0 Å². The van der Waals surface area contributed by atoms with Crippen molar-refractivity contribution in [2.24, 2.45) is 0 Å². The van der Waals surface area contributed by atoms with E-state index in [0.717, 1.165) is 43.1 Å². The Morgan fingerprint density at radius 3 is 2.28 bits per heavy atom. The van der Waals surface area contributed by atoms with Gasteiger partial charge in [0, 0.05) is 24.9 Å². The first-order chi connectivity index (χ1) is 8.69. The third-order valence-electron chi connectivity index (χ3n) is 2.98. The summed E-state index contributed by atoms with van der Waals surface area (Å²) in [5.74, 6) is 0.886. The van der Waals surface area contributed by atoms with E-state index in [1.54, 1.807) is 7.11 Å². The van der Waals surface area contributed by atoms with Crippen LogP contribution in [-0.4, -0.2) is 36.8 Å². The van der Waals surface area contributed by atoms with Crippen LogP contribution in [0.1, 0.15) is 36.1 Å². The molecule has 0 saturated heterocycles. The molecule has 1 aromatic rings. The summed E-state index contributed by atoms with van der Waals surface area (Å²) in [4.78, 5) is 9.10. The summed E-state index contributed by atoms with van der Waals surface area (Å²) in [5.41, 5.74) is 3.48. The normalized spacial score (nSPS) is 10.9. The molecule has 4 nitrogen and oxygen atoms in total. The zero-order valence-corrected chi connectivity index (χ0v) is 12.0. The highest BCUT2D eigenvalue weighted by Gasteiger charge is 2.08. The molecule has 0 bridgehead atoms. The van der Waals surface area contributed by atoms with Gasteiger partial charge >= 0.3 is 0 Å². The Labute approximate surface area is 110 Å². The first kappa shape index (κ1) is 15.1. The van der Waals surface area contributed by atoms with Crippen molar-refractivity contribution in [2.75, 3.05) is 26.8 Å². The summed E-state index contributed by atoms with van der Waals surface area (Å²) < 4.78 is 5.06. The highest BCUT2D eigenvalue weighted by molar-refractivity contribution is 5.24. The van der Waals surface area contributed by atoms with Gasteiger partial charge in [0.25, 0.3) is 0 Å². The Bertz CT molecular complexity index is 343. The fraction of sp³-hybridized carbons (Fsp3) is 0.714. The number of rotatable bonds is 8. The monoisotopic (exact) mass is 251 g/mol. The van der Waals surface area contributed by atoms with Crippen LogP contribution in [0.2, 0.25) is 0 Å². The van der Waals surface area contributed by atoms with E-state index in [1.807, 2.05) is 0 Å². The van der Waals surface area contributed by atoms with Crippen molar-refractivity contribution in [1.29, 1.82) is 0 Å². The SMILES string of the molecule is CCCNCCc1c(C)nc(CCOC)nc1C. The molecular weight excluding hydrogens is 226 g/mol. The van der Waals surface area contributed by atoms with Crippen molar-refractivity contribution >= 4 is 0 Å². The van der Waals surface area contributed by atoms with Crippen molar-refractivity contribution in [3.8, 4) is 0 Å². The zero-order chi connectivity index (χ0) is 13.4. The molecule has 1 aromatic heterocycles. The first-order valence-electron chi connectivity index (χ1n) is 6.71. The van der Waals surface area contributed by atoms with Crippen LogP contribution in [0.5, 0.6) is 0 Å².